The summed E-state index contributed by atoms with van der Waals surface area (Å²) in [6, 6.07) is 2.09. The number of hydrogen-bond donors (Lipinski definition) is 1. The number of hydrogen-bond acceptors (Lipinski definition) is 5. The number of carboxylic acid groups (broad SMARTS) is 1. The minimum Gasteiger partial charge on any atom is -0.496 e. The summed E-state index contributed by atoms with van der Waals surface area (Å²) in [5.41, 5.74) is 0.372. The maximum absolute atomic E-state index is 12.4. The van der Waals surface area contributed by atoms with Gasteiger partial charge in [0.25, 0.3) is 10.0 Å². The first kappa shape index (κ1) is 15.8. The fraction of sp³-hybridized carbons (Fsp3) is 0.250. The van der Waals surface area contributed by atoms with Gasteiger partial charge in [-0.1, -0.05) is 22.6 Å². The van der Waals surface area contributed by atoms with Gasteiger partial charge in [-0.3, -0.25) is 4.84 Å². The zero-order valence-corrected chi connectivity index (χ0v) is 12.6. The summed E-state index contributed by atoms with van der Waals surface area (Å²) in [6.45, 7) is 3.75. The molecule has 1 N–H and O–H groups in total. The molecule has 1 aromatic carbocycles. The number of halogens is 1. The van der Waals surface area contributed by atoms with Crippen LogP contribution in [0.4, 0.5) is 0 Å². The Morgan fingerprint density at radius 3 is 2.67 bits per heavy atom. The van der Waals surface area contributed by atoms with Crippen LogP contribution in [0.25, 0.3) is 0 Å². The number of hydroxylamine groups is 1. The van der Waals surface area contributed by atoms with Gasteiger partial charge in [0, 0.05) is 6.07 Å². The second-order valence-electron chi connectivity index (χ2n) is 4.28. The van der Waals surface area contributed by atoms with Crippen LogP contribution in [-0.4, -0.2) is 44.2 Å². The molecule has 9 heteroatoms. The number of carboxylic acids is 1. The van der Waals surface area contributed by atoms with E-state index < -0.39 is 16.0 Å². The summed E-state index contributed by atoms with van der Waals surface area (Å²) in [5, 5.41) is 8.80. The van der Waals surface area contributed by atoms with Gasteiger partial charge in [0.1, 0.15) is 16.2 Å². The number of sulfonamides is 1. The third-order valence-electron chi connectivity index (χ3n) is 2.80. The molecule has 2 rings (SSSR count). The Hall–Kier alpha value is -1.61. The lowest BCUT2D eigenvalue weighted by molar-refractivity contribution is -0.0275. The van der Waals surface area contributed by atoms with Gasteiger partial charge < -0.3 is 9.84 Å². The molecule has 114 valence electrons. The zero-order chi connectivity index (χ0) is 15.8. The molecule has 0 spiro atoms. The van der Waals surface area contributed by atoms with Gasteiger partial charge in [-0.2, -0.15) is 0 Å². The van der Waals surface area contributed by atoms with E-state index in [-0.39, 0.29) is 34.4 Å². The second kappa shape index (κ2) is 5.64. The predicted molar refractivity (Wildman–Crippen MR) is 73.9 cm³/mol. The summed E-state index contributed by atoms with van der Waals surface area (Å²) in [7, 11) is -2.80. The van der Waals surface area contributed by atoms with Crippen molar-refractivity contribution in [3.05, 3.63) is 34.9 Å². The Balaban J connectivity index is 2.53. The number of nitrogens with zero attached hydrogens (tertiary/aromatic N) is 1. The average molecular weight is 334 g/mol. The van der Waals surface area contributed by atoms with Gasteiger partial charge in [0.05, 0.1) is 25.3 Å². The van der Waals surface area contributed by atoms with Crippen molar-refractivity contribution in [3.8, 4) is 5.75 Å². The molecule has 21 heavy (non-hydrogen) atoms. The van der Waals surface area contributed by atoms with E-state index in [0.717, 1.165) is 16.6 Å². The van der Waals surface area contributed by atoms with E-state index in [1.807, 2.05) is 0 Å². The van der Waals surface area contributed by atoms with Gasteiger partial charge in [0.2, 0.25) is 0 Å². The molecule has 0 aliphatic carbocycles. The summed E-state index contributed by atoms with van der Waals surface area (Å²) >= 11 is 5.90. The number of methoxy groups -OCH3 is 1. The minimum absolute atomic E-state index is 0.0155. The van der Waals surface area contributed by atoms with Crippen LogP contribution in [0.5, 0.6) is 5.75 Å². The molecule has 1 saturated heterocycles. The minimum atomic E-state index is -4.03. The third kappa shape index (κ3) is 2.88. The first-order chi connectivity index (χ1) is 9.77. The smallest absolute Gasteiger partial charge is 0.339 e. The van der Waals surface area contributed by atoms with Gasteiger partial charge in [0.15, 0.2) is 0 Å². The van der Waals surface area contributed by atoms with Crippen molar-refractivity contribution in [2.24, 2.45) is 0 Å². The molecular weight excluding hydrogens is 322 g/mol. The third-order valence-corrected chi connectivity index (χ3v) is 4.88. The molecule has 0 unspecified atom stereocenters. The van der Waals surface area contributed by atoms with Crippen molar-refractivity contribution >= 4 is 27.6 Å². The van der Waals surface area contributed by atoms with Crippen LogP contribution < -0.4 is 4.74 Å². The highest BCUT2D eigenvalue weighted by molar-refractivity contribution is 7.89. The molecule has 0 bridgehead atoms. The lowest BCUT2D eigenvalue weighted by Gasteiger charge is -2.16. The number of carbonyl (C=O) groups is 1. The summed E-state index contributed by atoms with van der Waals surface area (Å²) in [5.74, 6) is -1.38. The number of benzene rings is 1. The summed E-state index contributed by atoms with van der Waals surface area (Å²) in [6.07, 6.45) is 0. The van der Waals surface area contributed by atoms with Gasteiger partial charge >= 0.3 is 5.97 Å². The van der Waals surface area contributed by atoms with Crippen molar-refractivity contribution in [1.29, 1.82) is 0 Å². The van der Waals surface area contributed by atoms with Crippen molar-refractivity contribution in [2.75, 3.05) is 20.3 Å². The number of aromatic carboxylic acids is 1. The fourth-order valence-corrected chi connectivity index (χ4v) is 3.55. The van der Waals surface area contributed by atoms with Crippen LogP contribution in [-0.2, 0) is 14.9 Å². The summed E-state index contributed by atoms with van der Waals surface area (Å²) in [4.78, 5) is 15.8. The van der Waals surface area contributed by atoms with Crippen LogP contribution in [0.3, 0.4) is 0 Å². The standard InChI is InChI=1S/C12H12ClNO6S/c1-7-5-14(20-6-7)21(17,18)11-4-10(19-2)8(12(15)16)3-9(11)13/h3-4H,1,5-6H2,2H3,(H,15,16). The Morgan fingerprint density at radius 1 is 1.52 bits per heavy atom. The molecule has 0 aromatic heterocycles. The quantitative estimate of drug-likeness (QED) is 0.840. The topological polar surface area (TPSA) is 93.1 Å². The fourth-order valence-electron chi connectivity index (χ4n) is 1.77. The van der Waals surface area contributed by atoms with Crippen molar-refractivity contribution in [2.45, 2.75) is 4.90 Å². The van der Waals surface area contributed by atoms with Crippen LogP contribution in [0.1, 0.15) is 10.4 Å². The number of rotatable bonds is 4. The molecule has 0 atom stereocenters. The van der Waals surface area contributed by atoms with E-state index in [9.17, 15) is 13.2 Å². The monoisotopic (exact) mass is 333 g/mol. The van der Waals surface area contributed by atoms with E-state index in [2.05, 4.69) is 6.58 Å². The maximum Gasteiger partial charge on any atom is 0.339 e. The van der Waals surface area contributed by atoms with Gasteiger partial charge in [-0.25, -0.2) is 13.2 Å². The normalized spacial score (nSPS) is 16.2. The highest BCUT2D eigenvalue weighted by atomic mass is 35.5. The molecule has 1 aromatic rings. The molecule has 0 radical (unpaired) electrons. The summed E-state index contributed by atoms with van der Waals surface area (Å²) < 4.78 is 30.5. The Morgan fingerprint density at radius 2 is 2.19 bits per heavy atom. The van der Waals surface area contributed by atoms with Gasteiger partial charge in [-0.15, -0.1) is 0 Å². The Labute approximate surface area is 126 Å². The molecule has 1 aliphatic heterocycles. The van der Waals surface area contributed by atoms with Crippen molar-refractivity contribution in [3.63, 3.8) is 0 Å². The van der Waals surface area contributed by atoms with Crippen LogP contribution >= 0.6 is 11.6 Å². The van der Waals surface area contributed by atoms with E-state index in [0.29, 0.717) is 5.57 Å². The highest BCUT2D eigenvalue weighted by Crippen LogP contribution is 2.33. The van der Waals surface area contributed by atoms with E-state index in [1.54, 1.807) is 0 Å². The largest absolute Gasteiger partial charge is 0.496 e. The maximum atomic E-state index is 12.4. The molecule has 7 nitrogen and oxygen atoms in total. The van der Waals surface area contributed by atoms with Crippen LogP contribution in [0.2, 0.25) is 5.02 Å². The Bertz CT molecular complexity index is 715. The molecular formula is C12H12ClNO6S. The molecule has 1 aliphatic rings. The number of ether oxygens (including phenoxy) is 1. The van der Waals surface area contributed by atoms with Crippen LogP contribution in [0.15, 0.2) is 29.2 Å². The molecule has 0 amide bonds. The lowest BCUT2D eigenvalue weighted by atomic mass is 10.2. The van der Waals surface area contributed by atoms with Gasteiger partial charge in [-0.05, 0) is 11.6 Å². The Kier molecular flexibility index (Phi) is 4.24. The first-order valence-electron chi connectivity index (χ1n) is 5.70. The van der Waals surface area contributed by atoms with Crippen molar-refractivity contribution < 1.29 is 27.9 Å². The molecule has 1 heterocycles. The van der Waals surface area contributed by atoms with Crippen LogP contribution in [0, 0.1) is 0 Å². The van der Waals surface area contributed by atoms with E-state index in [1.165, 1.54) is 7.11 Å². The first-order valence-corrected chi connectivity index (χ1v) is 7.52. The highest BCUT2D eigenvalue weighted by Gasteiger charge is 2.33. The molecule has 0 saturated carbocycles. The van der Waals surface area contributed by atoms with E-state index >= 15 is 0 Å². The SMILES string of the molecule is C=C1CON(S(=O)(=O)c2cc(OC)c(C(=O)O)cc2Cl)C1. The second-order valence-corrected chi connectivity index (χ2v) is 6.48. The predicted octanol–water partition coefficient (Wildman–Crippen LogP) is 1.54. The lowest BCUT2D eigenvalue weighted by Crippen LogP contribution is -2.27. The van der Waals surface area contributed by atoms with Crippen molar-refractivity contribution in [1.82, 2.24) is 4.47 Å². The molecule has 1 fully saturated rings. The van der Waals surface area contributed by atoms with E-state index in [4.69, 9.17) is 26.3 Å². The zero-order valence-electron chi connectivity index (χ0n) is 11.0. The average Bonchev–Trinajstić information content (AvgIpc) is 2.85.